The smallest absolute Gasteiger partial charge is 0.326 e. The Labute approximate surface area is 213 Å². The molecule has 190 valence electrons. The third-order valence-electron chi connectivity index (χ3n) is 7.36. The highest BCUT2D eigenvalue weighted by Crippen LogP contribution is 2.26. The van der Waals surface area contributed by atoms with Crippen LogP contribution < -0.4 is 10.4 Å². The Morgan fingerprint density at radius 3 is 2.54 bits per heavy atom. The molecule has 2 aromatic carbocycles. The summed E-state index contributed by atoms with van der Waals surface area (Å²) in [5.41, 5.74) is 3.32. The number of likely N-dealkylation sites (tertiary alicyclic amines) is 1. The number of aromatic amines is 1. The van der Waals surface area contributed by atoms with Crippen molar-refractivity contribution in [3.05, 3.63) is 82.0 Å². The molecule has 37 heavy (non-hydrogen) atoms. The molecule has 0 bridgehead atoms. The Morgan fingerprint density at radius 1 is 1.03 bits per heavy atom. The van der Waals surface area contributed by atoms with E-state index in [1.807, 2.05) is 53.1 Å². The molecule has 10 heteroatoms. The fourth-order valence-electron chi connectivity index (χ4n) is 5.37. The lowest BCUT2D eigenvalue weighted by molar-refractivity contribution is 0.0672. The number of aromatic nitrogens is 4. The summed E-state index contributed by atoms with van der Waals surface area (Å²) in [6, 6.07) is 16.9. The number of hydrogen-bond donors (Lipinski definition) is 1. The van der Waals surface area contributed by atoms with Crippen LogP contribution in [0.1, 0.15) is 45.4 Å². The topological polar surface area (TPSA) is 105 Å². The second-order valence-electron chi connectivity index (χ2n) is 9.55. The van der Waals surface area contributed by atoms with Gasteiger partial charge in [0.25, 0.3) is 11.8 Å². The number of amides is 2. The van der Waals surface area contributed by atoms with Gasteiger partial charge < -0.3 is 19.5 Å². The lowest BCUT2D eigenvalue weighted by Gasteiger charge is -2.32. The largest absolute Gasteiger partial charge is 0.497 e. The summed E-state index contributed by atoms with van der Waals surface area (Å²) in [5.74, 6) is 0.458. The first-order valence-corrected chi connectivity index (χ1v) is 12.5. The number of fused-ring (bicyclic) bond motifs is 2. The van der Waals surface area contributed by atoms with Crippen molar-refractivity contribution < 1.29 is 14.3 Å². The molecule has 1 saturated heterocycles. The Morgan fingerprint density at radius 2 is 1.78 bits per heavy atom. The van der Waals surface area contributed by atoms with Crippen molar-refractivity contribution in [2.45, 2.75) is 32.0 Å². The minimum Gasteiger partial charge on any atom is -0.497 e. The number of para-hydroxylation sites is 2. The predicted molar refractivity (Wildman–Crippen MR) is 137 cm³/mol. The molecule has 0 radical (unpaired) electrons. The highest BCUT2D eigenvalue weighted by molar-refractivity contribution is 5.98. The summed E-state index contributed by atoms with van der Waals surface area (Å²) in [6.07, 6.45) is 1.35. The van der Waals surface area contributed by atoms with Gasteiger partial charge in [-0.15, -0.1) is 0 Å². The summed E-state index contributed by atoms with van der Waals surface area (Å²) < 4.78 is 8.65. The maximum atomic E-state index is 13.3. The van der Waals surface area contributed by atoms with Gasteiger partial charge in [-0.2, -0.15) is 5.10 Å². The minimum absolute atomic E-state index is 0.0241. The zero-order valence-corrected chi connectivity index (χ0v) is 20.6. The highest BCUT2D eigenvalue weighted by atomic mass is 16.5. The van der Waals surface area contributed by atoms with Crippen LogP contribution in [0, 0.1) is 0 Å². The number of rotatable bonds is 5. The van der Waals surface area contributed by atoms with E-state index >= 15 is 0 Å². The van der Waals surface area contributed by atoms with Crippen LogP contribution in [0.25, 0.3) is 11.0 Å². The number of H-pyrrole nitrogens is 1. The number of piperidine rings is 1. The van der Waals surface area contributed by atoms with Gasteiger partial charge in [-0.25, -0.2) is 4.79 Å². The summed E-state index contributed by atoms with van der Waals surface area (Å²) in [4.78, 5) is 45.4. The normalized spacial score (nSPS) is 16.3. The number of carbonyl (C=O) groups is 2. The molecule has 0 aliphatic carbocycles. The van der Waals surface area contributed by atoms with E-state index in [0.717, 1.165) is 22.3 Å². The van der Waals surface area contributed by atoms with Gasteiger partial charge in [0, 0.05) is 38.3 Å². The molecule has 10 nitrogen and oxygen atoms in total. The first kappa shape index (κ1) is 23.1. The third-order valence-corrected chi connectivity index (χ3v) is 7.36. The van der Waals surface area contributed by atoms with E-state index in [1.165, 1.54) is 0 Å². The van der Waals surface area contributed by atoms with E-state index < -0.39 is 0 Å². The van der Waals surface area contributed by atoms with E-state index in [2.05, 4.69) is 10.1 Å². The second-order valence-corrected chi connectivity index (χ2v) is 9.55. The maximum absolute atomic E-state index is 13.3. The van der Waals surface area contributed by atoms with E-state index in [4.69, 9.17) is 4.74 Å². The molecule has 1 fully saturated rings. The van der Waals surface area contributed by atoms with Gasteiger partial charge in [-0.1, -0.05) is 24.3 Å². The summed E-state index contributed by atoms with van der Waals surface area (Å²) in [5, 5.41) is 4.47. The number of methoxy groups -OCH3 is 1. The Kier molecular flexibility index (Phi) is 5.78. The first-order valence-electron chi connectivity index (χ1n) is 12.5. The molecule has 2 amide bonds. The van der Waals surface area contributed by atoms with Crippen molar-refractivity contribution in [3.8, 4) is 5.75 Å². The summed E-state index contributed by atoms with van der Waals surface area (Å²) in [6.45, 7) is 2.59. The van der Waals surface area contributed by atoms with E-state index in [-0.39, 0.29) is 29.2 Å². The molecule has 6 rings (SSSR count). The lowest BCUT2D eigenvalue weighted by Crippen LogP contribution is -2.40. The predicted octanol–water partition coefficient (Wildman–Crippen LogP) is 2.67. The summed E-state index contributed by atoms with van der Waals surface area (Å²) >= 11 is 0. The average molecular weight is 501 g/mol. The van der Waals surface area contributed by atoms with Gasteiger partial charge in [-0.3, -0.25) is 18.8 Å². The van der Waals surface area contributed by atoms with E-state index in [1.54, 1.807) is 27.7 Å². The zero-order chi connectivity index (χ0) is 25.5. The van der Waals surface area contributed by atoms with Crippen LogP contribution in [0.3, 0.4) is 0 Å². The number of carbonyl (C=O) groups excluding carboxylic acids is 2. The van der Waals surface area contributed by atoms with Crippen LogP contribution in [-0.2, 0) is 13.1 Å². The van der Waals surface area contributed by atoms with Crippen LogP contribution in [0.5, 0.6) is 5.75 Å². The molecule has 0 atom stereocenters. The lowest BCUT2D eigenvalue weighted by atomic mass is 10.0. The van der Waals surface area contributed by atoms with Crippen molar-refractivity contribution in [1.82, 2.24) is 29.1 Å². The number of imidazole rings is 1. The van der Waals surface area contributed by atoms with Crippen LogP contribution in [-0.4, -0.2) is 67.7 Å². The number of nitrogens with zero attached hydrogens (tertiary/aromatic N) is 5. The molecule has 4 heterocycles. The molecule has 4 aromatic rings. The number of hydrogen-bond acceptors (Lipinski definition) is 5. The van der Waals surface area contributed by atoms with Crippen molar-refractivity contribution >= 4 is 22.8 Å². The van der Waals surface area contributed by atoms with E-state index in [0.29, 0.717) is 51.3 Å². The molecule has 1 N–H and O–H groups in total. The van der Waals surface area contributed by atoms with Crippen molar-refractivity contribution in [3.63, 3.8) is 0 Å². The molecular weight excluding hydrogens is 472 g/mol. The fourth-order valence-corrected chi connectivity index (χ4v) is 5.37. The van der Waals surface area contributed by atoms with E-state index in [9.17, 15) is 14.4 Å². The van der Waals surface area contributed by atoms with Crippen molar-refractivity contribution in [1.29, 1.82) is 0 Å². The van der Waals surface area contributed by atoms with Crippen LogP contribution in [0.2, 0.25) is 0 Å². The Hall–Kier alpha value is -4.34. The van der Waals surface area contributed by atoms with Crippen LogP contribution >= 0.6 is 0 Å². The highest BCUT2D eigenvalue weighted by Gasteiger charge is 2.31. The fraction of sp³-hybridized carbons (Fsp3) is 0.333. The molecule has 0 spiro atoms. The molecule has 0 saturated carbocycles. The number of benzene rings is 2. The third kappa shape index (κ3) is 4.18. The van der Waals surface area contributed by atoms with Gasteiger partial charge in [0.15, 0.2) is 5.69 Å². The maximum Gasteiger partial charge on any atom is 0.326 e. The molecule has 0 unspecified atom stereocenters. The minimum atomic E-state index is -0.180. The standard InChI is InChI=1S/C27H28N6O4/c1-37-20-8-6-18(7-9-20)17-31-14-15-32-24(26(31)35)16-22(29-32)25(34)30-12-10-19(11-13-30)33-23-5-3-2-4-21(23)28-27(33)36/h2-9,16,19H,10-15,17H2,1H3,(H,28,36). The zero-order valence-electron chi connectivity index (χ0n) is 20.6. The first-order chi connectivity index (χ1) is 18.0. The number of ether oxygens (including phenoxy) is 1. The Balaban J connectivity index is 1.13. The molecule has 2 aromatic heterocycles. The average Bonchev–Trinajstić information content (AvgIpc) is 3.51. The monoisotopic (exact) mass is 500 g/mol. The van der Waals surface area contributed by atoms with Crippen LogP contribution in [0.4, 0.5) is 0 Å². The quantitative estimate of drug-likeness (QED) is 0.454. The number of nitrogens with one attached hydrogen (secondary N) is 1. The van der Waals surface area contributed by atoms with Crippen molar-refractivity contribution in [2.24, 2.45) is 0 Å². The summed E-state index contributed by atoms with van der Waals surface area (Å²) in [7, 11) is 1.62. The molecular formula is C27H28N6O4. The Bertz CT molecular complexity index is 1520. The molecule has 2 aliphatic heterocycles. The second kappa shape index (κ2) is 9.27. The van der Waals surface area contributed by atoms with Crippen LogP contribution in [0.15, 0.2) is 59.4 Å². The van der Waals surface area contributed by atoms with Gasteiger partial charge in [0.1, 0.15) is 11.4 Å². The van der Waals surface area contributed by atoms with Gasteiger partial charge in [0.05, 0.1) is 24.7 Å². The van der Waals surface area contributed by atoms with Gasteiger partial charge in [-0.05, 0) is 42.7 Å². The molecule has 2 aliphatic rings. The van der Waals surface area contributed by atoms with Gasteiger partial charge in [0.2, 0.25) is 0 Å². The van der Waals surface area contributed by atoms with Gasteiger partial charge >= 0.3 is 5.69 Å². The van der Waals surface area contributed by atoms with Crippen molar-refractivity contribution in [2.75, 3.05) is 26.7 Å². The SMILES string of the molecule is COc1ccc(CN2CCn3nc(C(=O)N4CCC(n5c(=O)[nH]c6ccccc65)CC4)cc3C2=O)cc1.